The molecule has 0 saturated heterocycles. The van der Waals surface area contributed by atoms with Crippen molar-refractivity contribution in [2.75, 3.05) is 0 Å². The zero-order chi connectivity index (χ0) is 21.0. The van der Waals surface area contributed by atoms with E-state index in [4.69, 9.17) is 15.0 Å². The molecule has 5 rings (SSSR count). The van der Waals surface area contributed by atoms with Crippen molar-refractivity contribution in [1.29, 1.82) is 0 Å². The molecule has 1 heterocycles. The molecule has 4 aromatic carbocycles. The molecule has 0 amide bonds. The summed E-state index contributed by atoms with van der Waals surface area (Å²) in [4.78, 5) is 14.3. The van der Waals surface area contributed by atoms with Gasteiger partial charge in [0, 0.05) is 16.7 Å². The lowest BCUT2D eigenvalue weighted by molar-refractivity contribution is 1.07. The lowest BCUT2D eigenvalue weighted by Crippen LogP contribution is -2.00. The van der Waals surface area contributed by atoms with Crippen molar-refractivity contribution >= 4 is 0 Å². The highest BCUT2D eigenvalue weighted by atomic mass is 15.0. The standard InChI is InChI=1S/C28H21N3/c1-20-9-8-14-25(19-20)21-15-17-24(18-16-21)28-30-26(22-10-4-2-5-11-22)29-27(31-28)23-12-6-3-7-13-23/h2-19H,1H3. The summed E-state index contributed by atoms with van der Waals surface area (Å²) < 4.78 is 0. The van der Waals surface area contributed by atoms with Gasteiger partial charge in [-0.15, -0.1) is 0 Å². The average molecular weight is 399 g/mol. The number of aryl methyl sites for hydroxylation is 1. The first-order valence-electron chi connectivity index (χ1n) is 10.3. The van der Waals surface area contributed by atoms with Gasteiger partial charge in [-0.05, 0) is 18.1 Å². The molecule has 0 spiro atoms. The second kappa shape index (κ2) is 8.33. The van der Waals surface area contributed by atoms with Gasteiger partial charge >= 0.3 is 0 Å². The minimum atomic E-state index is 0.670. The summed E-state index contributed by atoms with van der Waals surface area (Å²) in [7, 11) is 0. The van der Waals surface area contributed by atoms with Crippen molar-refractivity contribution in [2.24, 2.45) is 0 Å². The Hall–Kier alpha value is -4.11. The van der Waals surface area contributed by atoms with E-state index >= 15 is 0 Å². The van der Waals surface area contributed by atoms with Gasteiger partial charge in [-0.3, -0.25) is 0 Å². The molecule has 3 heteroatoms. The number of rotatable bonds is 4. The second-order valence-electron chi connectivity index (χ2n) is 7.49. The maximum Gasteiger partial charge on any atom is 0.164 e. The third-order valence-electron chi connectivity index (χ3n) is 5.19. The fraction of sp³-hybridized carbons (Fsp3) is 0.0357. The molecular formula is C28H21N3. The summed E-state index contributed by atoms with van der Waals surface area (Å²) in [6.07, 6.45) is 0. The van der Waals surface area contributed by atoms with Gasteiger partial charge in [0.05, 0.1) is 0 Å². The van der Waals surface area contributed by atoms with Crippen LogP contribution in [0.1, 0.15) is 5.56 Å². The first-order chi connectivity index (χ1) is 15.3. The molecule has 1 aromatic heterocycles. The van der Waals surface area contributed by atoms with E-state index in [2.05, 4.69) is 55.5 Å². The van der Waals surface area contributed by atoms with Crippen molar-refractivity contribution in [1.82, 2.24) is 15.0 Å². The second-order valence-corrected chi connectivity index (χ2v) is 7.49. The van der Waals surface area contributed by atoms with Crippen LogP contribution in [-0.4, -0.2) is 15.0 Å². The third-order valence-corrected chi connectivity index (χ3v) is 5.19. The summed E-state index contributed by atoms with van der Waals surface area (Å²) in [6.45, 7) is 2.11. The molecule has 0 bridgehead atoms. The van der Waals surface area contributed by atoms with Crippen molar-refractivity contribution in [3.8, 4) is 45.3 Å². The summed E-state index contributed by atoms with van der Waals surface area (Å²) in [5.74, 6) is 2.02. The summed E-state index contributed by atoms with van der Waals surface area (Å²) in [5, 5.41) is 0. The molecule has 0 saturated carbocycles. The van der Waals surface area contributed by atoms with Crippen molar-refractivity contribution in [3.05, 3.63) is 115 Å². The lowest BCUT2D eigenvalue weighted by Gasteiger charge is -2.09. The average Bonchev–Trinajstić information content (AvgIpc) is 2.85. The Balaban J connectivity index is 1.59. The molecule has 0 atom stereocenters. The predicted molar refractivity (Wildman–Crippen MR) is 126 cm³/mol. The Kier molecular flexibility index (Phi) is 5.07. The Labute approximate surface area is 182 Å². The lowest BCUT2D eigenvalue weighted by atomic mass is 10.0. The van der Waals surface area contributed by atoms with Crippen LogP contribution >= 0.6 is 0 Å². The highest BCUT2D eigenvalue weighted by Crippen LogP contribution is 2.27. The van der Waals surface area contributed by atoms with Crippen LogP contribution < -0.4 is 0 Å². The first-order valence-corrected chi connectivity index (χ1v) is 10.3. The molecule has 3 nitrogen and oxygen atoms in total. The van der Waals surface area contributed by atoms with Gasteiger partial charge in [0.1, 0.15) is 0 Å². The van der Waals surface area contributed by atoms with E-state index in [0.717, 1.165) is 16.7 Å². The summed E-state index contributed by atoms with van der Waals surface area (Å²) in [5.41, 5.74) is 6.54. The predicted octanol–water partition coefficient (Wildman–Crippen LogP) is 6.85. The largest absolute Gasteiger partial charge is 0.208 e. The number of hydrogen-bond acceptors (Lipinski definition) is 3. The molecule has 0 aliphatic rings. The van der Waals surface area contributed by atoms with Crippen LogP contribution in [0.5, 0.6) is 0 Å². The van der Waals surface area contributed by atoms with Gasteiger partial charge in [0.25, 0.3) is 0 Å². The molecule has 0 unspecified atom stereocenters. The van der Waals surface area contributed by atoms with Crippen LogP contribution in [0.2, 0.25) is 0 Å². The van der Waals surface area contributed by atoms with Crippen LogP contribution in [0.4, 0.5) is 0 Å². The number of hydrogen-bond donors (Lipinski definition) is 0. The van der Waals surface area contributed by atoms with Gasteiger partial charge in [-0.2, -0.15) is 0 Å². The highest BCUT2D eigenvalue weighted by Gasteiger charge is 2.12. The van der Waals surface area contributed by atoms with Crippen LogP contribution in [0.3, 0.4) is 0 Å². The first kappa shape index (κ1) is 18.9. The summed E-state index contributed by atoms with van der Waals surface area (Å²) >= 11 is 0. The van der Waals surface area contributed by atoms with Crippen LogP contribution in [0.25, 0.3) is 45.3 Å². The maximum absolute atomic E-state index is 4.79. The number of nitrogens with zero attached hydrogens (tertiary/aromatic N) is 3. The maximum atomic E-state index is 4.79. The molecule has 0 aliphatic carbocycles. The topological polar surface area (TPSA) is 38.7 Å². The minimum absolute atomic E-state index is 0.670. The van der Waals surface area contributed by atoms with Gasteiger partial charge in [-0.1, -0.05) is 115 Å². The van der Waals surface area contributed by atoms with E-state index in [1.165, 1.54) is 16.7 Å². The van der Waals surface area contributed by atoms with Crippen molar-refractivity contribution < 1.29 is 0 Å². The van der Waals surface area contributed by atoms with Gasteiger partial charge in [0.15, 0.2) is 17.5 Å². The monoisotopic (exact) mass is 399 g/mol. The van der Waals surface area contributed by atoms with E-state index in [9.17, 15) is 0 Å². The number of aromatic nitrogens is 3. The van der Waals surface area contributed by atoms with Crippen LogP contribution in [0.15, 0.2) is 109 Å². The number of benzene rings is 4. The van der Waals surface area contributed by atoms with Crippen molar-refractivity contribution in [3.63, 3.8) is 0 Å². The molecule has 0 fully saturated rings. The normalized spacial score (nSPS) is 10.7. The quantitative estimate of drug-likeness (QED) is 0.332. The summed E-state index contributed by atoms with van der Waals surface area (Å²) in [6, 6.07) is 37.0. The van der Waals surface area contributed by atoms with Gasteiger partial charge in [0.2, 0.25) is 0 Å². The fourth-order valence-corrected chi connectivity index (χ4v) is 3.57. The van der Waals surface area contributed by atoms with Gasteiger partial charge < -0.3 is 0 Å². The molecular weight excluding hydrogens is 378 g/mol. The van der Waals surface area contributed by atoms with E-state index in [1.807, 2.05) is 60.7 Å². The highest BCUT2D eigenvalue weighted by molar-refractivity contribution is 5.70. The molecule has 0 radical (unpaired) electrons. The Bertz CT molecular complexity index is 1250. The zero-order valence-corrected chi connectivity index (χ0v) is 17.2. The zero-order valence-electron chi connectivity index (χ0n) is 17.2. The molecule has 0 N–H and O–H groups in total. The molecule has 5 aromatic rings. The SMILES string of the molecule is Cc1cccc(-c2ccc(-c3nc(-c4ccccc4)nc(-c4ccccc4)n3)cc2)c1. The van der Waals surface area contributed by atoms with Gasteiger partial charge in [-0.25, -0.2) is 15.0 Å². The fourth-order valence-electron chi connectivity index (χ4n) is 3.57. The van der Waals surface area contributed by atoms with Crippen LogP contribution in [-0.2, 0) is 0 Å². The van der Waals surface area contributed by atoms with E-state index < -0.39 is 0 Å². The molecule has 0 aliphatic heterocycles. The van der Waals surface area contributed by atoms with E-state index in [0.29, 0.717) is 17.5 Å². The van der Waals surface area contributed by atoms with Crippen molar-refractivity contribution in [2.45, 2.75) is 6.92 Å². The molecule has 148 valence electrons. The Morgan fingerprint density at radius 2 is 0.806 bits per heavy atom. The molecule has 31 heavy (non-hydrogen) atoms. The van der Waals surface area contributed by atoms with Crippen LogP contribution in [0, 0.1) is 6.92 Å². The smallest absolute Gasteiger partial charge is 0.164 e. The van der Waals surface area contributed by atoms with E-state index in [-0.39, 0.29) is 0 Å². The Morgan fingerprint density at radius 1 is 0.387 bits per heavy atom. The Morgan fingerprint density at radius 3 is 1.29 bits per heavy atom. The van der Waals surface area contributed by atoms with E-state index in [1.54, 1.807) is 0 Å². The third kappa shape index (κ3) is 4.12. The minimum Gasteiger partial charge on any atom is -0.208 e.